The van der Waals surface area contributed by atoms with Crippen molar-refractivity contribution < 1.29 is 4.79 Å². The second-order valence-corrected chi connectivity index (χ2v) is 3.80. The molecule has 0 spiro atoms. The zero-order valence-corrected chi connectivity index (χ0v) is 10.4. The third-order valence-corrected chi connectivity index (χ3v) is 2.53. The van der Waals surface area contributed by atoms with Crippen LogP contribution in [0.3, 0.4) is 0 Å². The number of carbonyl (C=O) groups excluding carboxylic acids is 1. The van der Waals surface area contributed by atoms with Gasteiger partial charge in [-0.1, -0.05) is 18.2 Å². The average molecular weight is 252 g/mol. The number of aromatic nitrogens is 2. The molecule has 19 heavy (non-hydrogen) atoms. The van der Waals surface area contributed by atoms with Crippen molar-refractivity contribution in [2.45, 2.75) is 0 Å². The second-order valence-electron chi connectivity index (χ2n) is 3.80. The van der Waals surface area contributed by atoms with E-state index in [0.717, 1.165) is 5.69 Å². The van der Waals surface area contributed by atoms with Gasteiger partial charge < -0.3 is 5.32 Å². The van der Waals surface area contributed by atoms with Crippen LogP contribution in [0.15, 0.2) is 48.3 Å². The van der Waals surface area contributed by atoms with Crippen molar-refractivity contribution in [1.29, 1.82) is 5.26 Å². The van der Waals surface area contributed by atoms with Crippen molar-refractivity contribution in [2.24, 2.45) is 0 Å². The van der Waals surface area contributed by atoms with Crippen LogP contribution in [0.4, 0.5) is 0 Å². The molecule has 0 aliphatic rings. The standard InChI is InChI=1S/C14H12N4O/c1-16-14(19)12(8-15)7-11-9-17-18(10-11)13-5-3-2-4-6-13/h2-7,9-10H,1H3,(H,16,19)/b12-7+. The van der Waals surface area contributed by atoms with Crippen LogP contribution in [0.25, 0.3) is 11.8 Å². The molecule has 0 fully saturated rings. The quantitative estimate of drug-likeness (QED) is 0.665. The molecule has 0 aliphatic carbocycles. The van der Waals surface area contributed by atoms with E-state index in [2.05, 4.69) is 10.4 Å². The van der Waals surface area contributed by atoms with Gasteiger partial charge in [0.05, 0.1) is 11.9 Å². The van der Waals surface area contributed by atoms with Crippen LogP contribution in [0, 0.1) is 11.3 Å². The minimum atomic E-state index is -0.407. The van der Waals surface area contributed by atoms with Gasteiger partial charge in [0, 0.05) is 18.8 Å². The lowest BCUT2D eigenvalue weighted by atomic mass is 10.2. The van der Waals surface area contributed by atoms with Crippen molar-refractivity contribution in [1.82, 2.24) is 15.1 Å². The molecule has 1 N–H and O–H groups in total. The Balaban J connectivity index is 2.30. The Hall–Kier alpha value is -2.87. The zero-order valence-electron chi connectivity index (χ0n) is 10.4. The van der Waals surface area contributed by atoms with Crippen LogP contribution in [-0.2, 0) is 4.79 Å². The fourth-order valence-corrected chi connectivity index (χ4v) is 1.58. The maximum absolute atomic E-state index is 11.4. The molecule has 2 aromatic rings. The summed E-state index contributed by atoms with van der Waals surface area (Å²) in [6, 6.07) is 11.5. The van der Waals surface area contributed by atoms with E-state index in [1.807, 2.05) is 36.4 Å². The Morgan fingerprint density at radius 2 is 2.16 bits per heavy atom. The van der Waals surface area contributed by atoms with Crippen LogP contribution in [0.5, 0.6) is 0 Å². The maximum Gasteiger partial charge on any atom is 0.261 e. The number of nitriles is 1. The number of hydrogen-bond donors (Lipinski definition) is 1. The summed E-state index contributed by atoms with van der Waals surface area (Å²) in [5.41, 5.74) is 1.67. The number of likely N-dealkylation sites (N-methyl/N-ethyl adjacent to an activating group) is 1. The van der Waals surface area contributed by atoms with E-state index in [4.69, 9.17) is 5.26 Å². The van der Waals surface area contributed by atoms with E-state index < -0.39 is 5.91 Å². The van der Waals surface area contributed by atoms with Gasteiger partial charge in [0.1, 0.15) is 11.6 Å². The van der Waals surface area contributed by atoms with E-state index in [9.17, 15) is 4.79 Å². The van der Waals surface area contributed by atoms with E-state index in [-0.39, 0.29) is 5.57 Å². The summed E-state index contributed by atoms with van der Waals surface area (Å²) >= 11 is 0. The first-order valence-corrected chi connectivity index (χ1v) is 5.68. The van der Waals surface area contributed by atoms with Crippen molar-refractivity contribution in [2.75, 3.05) is 7.05 Å². The molecule has 0 bridgehead atoms. The number of nitrogens with zero attached hydrogens (tertiary/aromatic N) is 3. The van der Waals surface area contributed by atoms with Crippen LogP contribution in [0.2, 0.25) is 0 Å². The third-order valence-electron chi connectivity index (χ3n) is 2.53. The molecule has 1 heterocycles. The van der Waals surface area contributed by atoms with Crippen molar-refractivity contribution in [3.8, 4) is 11.8 Å². The van der Waals surface area contributed by atoms with E-state index in [1.165, 1.54) is 13.1 Å². The number of hydrogen-bond acceptors (Lipinski definition) is 3. The fraction of sp³-hybridized carbons (Fsp3) is 0.0714. The Morgan fingerprint density at radius 1 is 1.42 bits per heavy atom. The Labute approximate surface area is 110 Å². The van der Waals surface area contributed by atoms with Gasteiger partial charge in [-0.05, 0) is 18.2 Å². The number of nitrogens with one attached hydrogen (secondary N) is 1. The molecule has 0 atom stereocenters. The molecule has 5 nitrogen and oxygen atoms in total. The van der Waals surface area contributed by atoms with Crippen molar-refractivity contribution >= 4 is 12.0 Å². The first kappa shape index (κ1) is 12.6. The third kappa shape index (κ3) is 2.87. The average Bonchev–Trinajstić information content (AvgIpc) is 2.93. The number of rotatable bonds is 3. The molecule has 0 aliphatic heterocycles. The molecule has 2 rings (SSSR count). The molecule has 5 heteroatoms. The van der Waals surface area contributed by atoms with Gasteiger partial charge in [0.2, 0.25) is 0 Å². The van der Waals surface area contributed by atoms with Gasteiger partial charge in [-0.15, -0.1) is 0 Å². The predicted octanol–water partition coefficient (Wildman–Crippen LogP) is 1.53. The monoisotopic (exact) mass is 252 g/mol. The number of para-hydroxylation sites is 1. The van der Waals surface area contributed by atoms with Crippen molar-refractivity contribution in [3.05, 3.63) is 53.9 Å². The minimum Gasteiger partial charge on any atom is -0.354 e. The van der Waals surface area contributed by atoms with Gasteiger partial charge in [-0.3, -0.25) is 4.79 Å². The zero-order chi connectivity index (χ0) is 13.7. The Kier molecular flexibility index (Phi) is 3.74. The maximum atomic E-state index is 11.4. The summed E-state index contributed by atoms with van der Waals surface area (Å²) in [5.74, 6) is -0.407. The topological polar surface area (TPSA) is 70.7 Å². The molecule has 1 aromatic heterocycles. The summed E-state index contributed by atoms with van der Waals surface area (Å²) < 4.78 is 1.69. The van der Waals surface area contributed by atoms with Crippen molar-refractivity contribution in [3.63, 3.8) is 0 Å². The van der Waals surface area contributed by atoms with E-state index >= 15 is 0 Å². The minimum absolute atomic E-state index is 0.0510. The van der Waals surface area contributed by atoms with Gasteiger partial charge >= 0.3 is 0 Å². The highest BCUT2D eigenvalue weighted by atomic mass is 16.1. The molecule has 1 amide bonds. The van der Waals surface area contributed by atoms with Crippen LogP contribution >= 0.6 is 0 Å². The number of amides is 1. The van der Waals surface area contributed by atoms with E-state index in [1.54, 1.807) is 17.1 Å². The molecular formula is C14H12N4O. The normalized spacial score (nSPS) is 10.8. The molecule has 1 aromatic carbocycles. The van der Waals surface area contributed by atoms with Gasteiger partial charge in [-0.25, -0.2) is 4.68 Å². The summed E-state index contributed by atoms with van der Waals surface area (Å²) in [6.07, 6.45) is 4.87. The van der Waals surface area contributed by atoms with Crippen LogP contribution in [-0.4, -0.2) is 22.7 Å². The van der Waals surface area contributed by atoms with Crippen LogP contribution in [0.1, 0.15) is 5.56 Å². The van der Waals surface area contributed by atoms with Gasteiger partial charge in [0.15, 0.2) is 0 Å². The summed E-state index contributed by atoms with van der Waals surface area (Å²) in [5, 5.41) is 15.5. The van der Waals surface area contributed by atoms with Gasteiger partial charge in [0.25, 0.3) is 5.91 Å². The lowest BCUT2D eigenvalue weighted by Gasteiger charge is -1.98. The SMILES string of the molecule is CNC(=O)/C(C#N)=C/c1cnn(-c2ccccc2)c1. The lowest BCUT2D eigenvalue weighted by molar-refractivity contribution is -0.116. The molecular weight excluding hydrogens is 240 g/mol. The Bertz CT molecular complexity index is 650. The molecule has 0 unspecified atom stereocenters. The smallest absolute Gasteiger partial charge is 0.261 e. The molecule has 0 saturated carbocycles. The van der Waals surface area contributed by atoms with E-state index in [0.29, 0.717) is 5.56 Å². The second kappa shape index (κ2) is 5.65. The first-order chi connectivity index (χ1) is 9.24. The number of carbonyl (C=O) groups is 1. The molecule has 0 radical (unpaired) electrons. The number of benzene rings is 1. The highest BCUT2D eigenvalue weighted by molar-refractivity contribution is 6.01. The summed E-state index contributed by atoms with van der Waals surface area (Å²) in [7, 11) is 1.49. The highest BCUT2D eigenvalue weighted by Gasteiger charge is 2.07. The first-order valence-electron chi connectivity index (χ1n) is 5.68. The van der Waals surface area contributed by atoms with Gasteiger partial charge in [-0.2, -0.15) is 10.4 Å². The molecule has 94 valence electrons. The predicted molar refractivity (Wildman–Crippen MR) is 71.2 cm³/mol. The fourth-order valence-electron chi connectivity index (χ4n) is 1.58. The van der Waals surface area contributed by atoms with Crippen LogP contribution < -0.4 is 5.32 Å². The lowest BCUT2D eigenvalue weighted by Crippen LogP contribution is -2.19. The summed E-state index contributed by atoms with van der Waals surface area (Å²) in [4.78, 5) is 11.4. The molecule has 0 saturated heterocycles. The highest BCUT2D eigenvalue weighted by Crippen LogP contribution is 2.10. The Morgan fingerprint density at radius 3 is 2.79 bits per heavy atom. The largest absolute Gasteiger partial charge is 0.354 e. The summed E-state index contributed by atoms with van der Waals surface area (Å²) in [6.45, 7) is 0.